The quantitative estimate of drug-likeness (QED) is 0.704. The lowest BCUT2D eigenvalue weighted by Crippen LogP contribution is -2.32. The predicted octanol–water partition coefficient (Wildman–Crippen LogP) is 4.32. The fraction of sp³-hybridized carbons (Fsp3) is 0.647. The van der Waals surface area contributed by atoms with E-state index in [1.54, 1.807) is 0 Å². The molecule has 0 amide bonds. The van der Waals surface area contributed by atoms with Crippen LogP contribution in [-0.4, -0.2) is 13.2 Å². The molecule has 1 N–H and O–H groups in total. The van der Waals surface area contributed by atoms with E-state index in [0.29, 0.717) is 6.04 Å². The zero-order valence-corrected chi connectivity index (χ0v) is 12.3. The number of nitrogens with one attached hydrogen (secondary N) is 1. The van der Waals surface area contributed by atoms with E-state index in [4.69, 9.17) is 4.74 Å². The zero-order valence-electron chi connectivity index (χ0n) is 12.3. The Balaban J connectivity index is 1.94. The molecule has 106 valence electrons. The highest BCUT2D eigenvalue weighted by Crippen LogP contribution is 2.37. The van der Waals surface area contributed by atoms with Crippen LogP contribution in [0.4, 0.5) is 0 Å². The summed E-state index contributed by atoms with van der Waals surface area (Å²) < 4.78 is 5.72. The van der Waals surface area contributed by atoms with Crippen molar-refractivity contribution in [3.05, 3.63) is 29.8 Å². The van der Waals surface area contributed by atoms with Crippen LogP contribution < -0.4 is 10.1 Å². The number of benzene rings is 1. The Labute approximate surface area is 117 Å². The molecule has 0 aromatic heterocycles. The summed E-state index contributed by atoms with van der Waals surface area (Å²) in [7, 11) is 0. The molecule has 2 heteroatoms. The van der Waals surface area contributed by atoms with E-state index in [-0.39, 0.29) is 0 Å². The van der Waals surface area contributed by atoms with Gasteiger partial charge in [0.2, 0.25) is 0 Å². The first kappa shape index (κ1) is 14.4. The SMILES string of the molecule is CCCCOc1ccc(C(NCC)C2CCC2)cc1. The molecule has 2 rings (SSSR count). The molecule has 0 aliphatic heterocycles. The van der Waals surface area contributed by atoms with Gasteiger partial charge in [-0.3, -0.25) is 0 Å². The summed E-state index contributed by atoms with van der Waals surface area (Å²) in [6, 6.07) is 9.23. The molecular formula is C17H27NO. The van der Waals surface area contributed by atoms with Crippen molar-refractivity contribution in [2.75, 3.05) is 13.2 Å². The number of rotatable bonds is 8. The van der Waals surface area contributed by atoms with Crippen LogP contribution in [0.1, 0.15) is 57.6 Å². The van der Waals surface area contributed by atoms with Gasteiger partial charge in [-0.15, -0.1) is 0 Å². The zero-order chi connectivity index (χ0) is 13.5. The van der Waals surface area contributed by atoms with Crippen molar-refractivity contribution in [2.45, 2.75) is 52.0 Å². The lowest BCUT2D eigenvalue weighted by Gasteiger charge is -2.34. The third kappa shape index (κ3) is 3.97. The topological polar surface area (TPSA) is 21.3 Å². The third-order valence-electron chi connectivity index (χ3n) is 4.05. The highest BCUT2D eigenvalue weighted by Gasteiger charge is 2.27. The van der Waals surface area contributed by atoms with Crippen molar-refractivity contribution in [3.8, 4) is 5.75 Å². The van der Waals surface area contributed by atoms with E-state index in [9.17, 15) is 0 Å². The highest BCUT2D eigenvalue weighted by molar-refractivity contribution is 5.29. The molecule has 0 saturated heterocycles. The van der Waals surface area contributed by atoms with Gasteiger partial charge in [-0.1, -0.05) is 38.8 Å². The minimum absolute atomic E-state index is 0.531. The fourth-order valence-corrected chi connectivity index (χ4v) is 2.66. The van der Waals surface area contributed by atoms with E-state index >= 15 is 0 Å². The van der Waals surface area contributed by atoms with Crippen molar-refractivity contribution < 1.29 is 4.74 Å². The van der Waals surface area contributed by atoms with Gasteiger partial charge in [-0.25, -0.2) is 0 Å². The van der Waals surface area contributed by atoms with Crippen LogP contribution in [0.2, 0.25) is 0 Å². The van der Waals surface area contributed by atoms with Crippen molar-refractivity contribution in [1.82, 2.24) is 5.32 Å². The summed E-state index contributed by atoms with van der Waals surface area (Å²) in [5.74, 6) is 1.83. The summed E-state index contributed by atoms with van der Waals surface area (Å²) in [5.41, 5.74) is 1.41. The Kier molecular flexibility index (Phi) is 5.71. The van der Waals surface area contributed by atoms with Gasteiger partial charge in [-0.05, 0) is 49.4 Å². The summed E-state index contributed by atoms with van der Waals surface area (Å²) in [4.78, 5) is 0. The number of hydrogen-bond acceptors (Lipinski definition) is 2. The molecule has 1 aliphatic carbocycles. The molecule has 1 unspecified atom stereocenters. The second-order valence-electron chi connectivity index (χ2n) is 5.50. The van der Waals surface area contributed by atoms with E-state index in [2.05, 4.69) is 43.4 Å². The number of ether oxygens (including phenoxy) is 1. The molecule has 0 bridgehead atoms. The van der Waals surface area contributed by atoms with Crippen LogP contribution in [-0.2, 0) is 0 Å². The summed E-state index contributed by atoms with van der Waals surface area (Å²) in [6.45, 7) is 6.24. The minimum Gasteiger partial charge on any atom is -0.494 e. The number of unbranched alkanes of at least 4 members (excludes halogenated alkanes) is 1. The Morgan fingerprint density at radius 1 is 1.21 bits per heavy atom. The van der Waals surface area contributed by atoms with Crippen LogP contribution in [0.15, 0.2) is 24.3 Å². The van der Waals surface area contributed by atoms with E-state index in [0.717, 1.165) is 31.2 Å². The maximum absolute atomic E-state index is 5.72. The monoisotopic (exact) mass is 261 g/mol. The van der Waals surface area contributed by atoms with E-state index in [1.807, 2.05) is 0 Å². The maximum atomic E-state index is 5.72. The molecule has 1 saturated carbocycles. The first-order valence-electron chi connectivity index (χ1n) is 7.81. The largest absolute Gasteiger partial charge is 0.494 e. The lowest BCUT2D eigenvalue weighted by atomic mass is 9.77. The van der Waals surface area contributed by atoms with Crippen LogP contribution in [0.25, 0.3) is 0 Å². The molecule has 1 fully saturated rings. The summed E-state index contributed by atoms with van der Waals surface area (Å²) >= 11 is 0. The molecule has 1 aromatic carbocycles. The van der Waals surface area contributed by atoms with Gasteiger partial charge in [0, 0.05) is 6.04 Å². The van der Waals surface area contributed by atoms with Crippen LogP contribution >= 0.6 is 0 Å². The molecule has 2 nitrogen and oxygen atoms in total. The molecule has 19 heavy (non-hydrogen) atoms. The Hall–Kier alpha value is -1.02. The Morgan fingerprint density at radius 2 is 1.95 bits per heavy atom. The van der Waals surface area contributed by atoms with Gasteiger partial charge in [-0.2, -0.15) is 0 Å². The second-order valence-corrected chi connectivity index (χ2v) is 5.50. The van der Waals surface area contributed by atoms with Gasteiger partial charge >= 0.3 is 0 Å². The van der Waals surface area contributed by atoms with E-state index in [1.165, 1.54) is 31.2 Å². The summed E-state index contributed by atoms with van der Waals surface area (Å²) in [6.07, 6.45) is 6.44. The first-order valence-corrected chi connectivity index (χ1v) is 7.81. The normalized spacial score (nSPS) is 16.9. The average Bonchev–Trinajstić information content (AvgIpc) is 2.37. The van der Waals surface area contributed by atoms with Gasteiger partial charge in [0.25, 0.3) is 0 Å². The Morgan fingerprint density at radius 3 is 2.47 bits per heavy atom. The molecule has 1 atom stereocenters. The summed E-state index contributed by atoms with van der Waals surface area (Å²) in [5, 5.41) is 3.63. The van der Waals surface area contributed by atoms with Crippen LogP contribution in [0, 0.1) is 5.92 Å². The Bertz CT molecular complexity index is 356. The van der Waals surface area contributed by atoms with Crippen molar-refractivity contribution >= 4 is 0 Å². The molecule has 0 heterocycles. The second kappa shape index (κ2) is 7.54. The fourth-order valence-electron chi connectivity index (χ4n) is 2.66. The first-order chi connectivity index (χ1) is 9.35. The maximum Gasteiger partial charge on any atom is 0.119 e. The van der Waals surface area contributed by atoms with Crippen molar-refractivity contribution in [2.24, 2.45) is 5.92 Å². The molecular weight excluding hydrogens is 234 g/mol. The minimum atomic E-state index is 0.531. The third-order valence-corrected chi connectivity index (χ3v) is 4.05. The van der Waals surface area contributed by atoms with E-state index < -0.39 is 0 Å². The van der Waals surface area contributed by atoms with Crippen molar-refractivity contribution in [1.29, 1.82) is 0 Å². The van der Waals surface area contributed by atoms with Gasteiger partial charge in [0.15, 0.2) is 0 Å². The van der Waals surface area contributed by atoms with Gasteiger partial charge < -0.3 is 10.1 Å². The van der Waals surface area contributed by atoms with Crippen LogP contribution in [0.5, 0.6) is 5.75 Å². The molecule has 0 radical (unpaired) electrons. The molecule has 0 spiro atoms. The van der Waals surface area contributed by atoms with Gasteiger partial charge in [0.1, 0.15) is 5.75 Å². The van der Waals surface area contributed by atoms with Gasteiger partial charge in [0.05, 0.1) is 6.61 Å². The van der Waals surface area contributed by atoms with Crippen molar-refractivity contribution in [3.63, 3.8) is 0 Å². The molecule has 1 aromatic rings. The highest BCUT2D eigenvalue weighted by atomic mass is 16.5. The molecule has 1 aliphatic rings. The van der Waals surface area contributed by atoms with Crippen LogP contribution in [0.3, 0.4) is 0 Å². The smallest absolute Gasteiger partial charge is 0.119 e. The predicted molar refractivity (Wildman–Crippen MR) is 80.6 cm³/mol. The standard InChI is InChI=1S/C17H27NO/c1-3-5-13-19-16-11-9-15(10-12-16)17(18-4-2)14-7-6-8-14/h9-12,14,17-18H,3-8,13H2,1-2H3. The lowest BCUT2D eigenvalue weighted by molar-refractivity contribution is 0.233. The average molecular weight is 261 g/mol. The number of hydrogen-bond donors (Lipinski definition) is 1.